The Hall–Kier alpha value is -3.59. The number of rotatable bonds is 6. The number of carbonyl (C=O) groups is 6. The summed E-state index contributed by atoms with van der Waals surface area (Å²) in [6.45, 7) is -0.117. The fraction of sp³-hybridized carbons (Fsp3) is 0.538. The van der Waals surface area contributed by atoms with Gasteiger partial charge in [0.25, 0.3) is 0 Å². The molecule has 2 fully saturated rings. The number of hydrogen-bond acceptors (Lipinski definition) is 11. The molecule has 3 aliphatic carbocycles. The number of phenols is 1. The molecule has 14 heteroatoms. The van der Waals surface area contributed by atoms with E-state index in [2.05, 4.69) is 5.32 Å². The first-order chi connectivity index (χ1) is 18.6. The van der Waals surface area contributed by atoms with Gasteiger partial charge >= 0.3 is 0 Å². The van der Waals surface area contributed by atoms with Gasteiger partial charge in [-0.15, -0.1) is 0 Å². The molecule has 40 heavy (non-hydrogen) atoms. The first-order valence-corrected chi connectivity index (χ1v) is 12.5. The van der Waals surface area contributed by atoms with Crippen molar-refractivity contribution >= 4 is 40.6 Å². The number of primary amides is 1. The van der Waals surface area contributed by atoms with Crippen LogP contribution in [0.1, 0.15) is 15.9 Å². The Morgan fingerprint density at radius 1 is 1.18 bits per heavy atom. The van der Waals surface area contributed by atoms with Gasteiger partial charge in [0.15, 0.2) is 34.7 Å². The average Bonchev–Trinajstić information content (AvgIpc) is 2.83. The van der Waals surface area contributed by atoms with E-state index in [0.717, 1.165) is 6.07 Å². The molecule has 13 nitrogen and oxygen atoms in total. The summed E-state index contributed by atoms with van der Waals surface area (Å²) in [5, 5.41) is 25.0. The number of halogens is 1. The Kier molecular flexibility index (Phi) is 7.43. The van der Waals surface area contributed by atoms with Gasteiger partial charge in [-0.1, -0.05) is 0 Å². The highest BCUT2D eigenvalue weighted by Crippen LogP contribution is 2.52. The quantitative estimate of drug-likeness (QED) is 0.224. The lowest BCUT2D eigenvalue weighted by Gasteiger charge is -2.55. The molecule has 1 aromatic rings. The van der Waals surface area contributed by atoms with Gasteiger partial charge in [0, 0.05) is 24.7 Å². The number of anilines is 1. The van der Waals surface area contributed by atoms with Crippen molar-refractivity contribution in [1.82, 2.24) is 9.80 Å². The molecule has 2 saturated carbocycles. The average molecular weight is 563 g/mol. The molecule has 0 saturated heterocycles. The van der Waals surface area contributed by atoms with Crippen molar-refractivity contribution < 1.29 is 48.1 Å². The summed E-state index contributed by atoms with van der Waals surface area (Å²) in [4.78, 5) is 81.7. The van der Waals surface area contributed by atoms with E-state index in [9.17, 15) is 39.0 Å². The molecule has 5 N–H and O–H groups in total. The van der Waals surface area contributed by atoms with Crippen LogP contribution in [0, 0.1) is 29.5 Å². The lowest BCUT2D eigenvalue weighted by atomic mass is 9.51. The maximum atomic E-state index is 15.4. The Morgan fingerprint density at radius 3 is 2.33 bits per heavy atom. The van der Waals surface area contributed by atoms with E-state index in [0.29, 0.717) is 0 Å². The summed E-state index contributed by atoms with van der Waals surface area (Å²) < 4.78 is 21.0. The van der Waals surface area contributed by atoms with Gasteiger partial charge in [-0.05, 0) is 34.6 Å². The standard InChI is InChI=1S/C26H31FN4O9/c1-30(2)8-13(32)29-12-7-11(27)9-6-10-15(20(34)14(9)19(12)33)23(36)26(39)17(22(10)40-5)18(31(3)4)21(35)16(24(26)37)25(28)38/h7,10,15-18,22,33,39H,6,8H2,1-5H3,(H2,28,38)(H,29,32)/t10-,15?,16?,17-,18+,22+,26+/m1/s1. The molecular weight excluding hydrogens is 531 g/mol. The van der Waals surface area contributed by atoms with Gasteiger partial charge in [-0.25, -0.2) is 4.39 Å². The lowest BCUT2D eigenvalue weighted by Crippen LogP contribution is -2.77. The molecule has 0 aliphatic heterocycles. The minimum Gasteiger partial charge on any atom is -0.505 e. The number of benzene rings is 1. The fourth-order valence-corrected chi connectivity index (χ4v) is 6.50. The van der Waals surface area contributed by atoms with Crippen LogP contribution in [0.4, 0.5) is 10.1 Å². The molecule has 0 spiro atoms. The largest absolute Gasteiger partial charge is 0.505 e. The molecule has 2 amide bonds. The molecular formula is C26H31FN4O9. The van der Waals surface area contributed by atoms with Gasteiger partial charge in [-0.3, -0.25) is 33.7 Å². The summed E-state index contributed by atoms with van der Waals surface area (Å²) in [6.07, 6.45) is -1.64. The Morgan fingerprint density at radius 2 is 1.80 bits per heavy atom. The van der Waals surface area contributed by atoms with Crippen LogP contribution in [0.2, 0.25) is 0 Å². The minimum atomic E-state index is -3.02. The number of likely N-dealkylation sites (N-methyl/N-ethyl adjacent to an activating group) is 2. The van der Waals surface area contributed by atoms with Crippen molar-refractivity contribution in [2.75, 3.05) is 47.2 Å². The van der Waals surface area contributed by atoms with Gasteiger partial charge in [0.05, 0.1) is 41.8 Å². The zero-order chi connectivity index (χ0) is 30.0. The van der Waals surface area contributed by atoms with Crippen molar-refractivity contribution in [1.29, 1.82) is 0 Å². The third kappa shape index (κ3) is 4.13. The molecule has 4 rings (SSSR count). The number of nitrogens with one attached hydrogen (secondary N) is 1. The smallest absolute Gasteiger partial charge is 0.238 e. The number of nitrogens with zero attached hydrogens (tertiary/aromatic N) is 2. The molecule has 7 atom stereocenters. The van der Waals surface area contributed by atoms with Crippen LogP contribution in [-0.4, -0.2) is 115 Å². The van der Waals surface area contributed by atoms with Crippen LogP contribution in [0.25, 0.3) is 0 Å². The van der Waals surface area contributed by atoms with Gasteiger partial charge in [0.2, 0.25) is 11.8 Å². The number of ketones is 4. The maximum absolute atomic E-state index is 15.4. The van der Waals surface area contributed by atoms with Crippen molar-refractivity contribution in [2.45, 2.75) is 24.2 Å². The number of ether oxygens (including phenoxy) is 1. The van der Waals surface area contributed by atoms with Crippen LogP contribution in [0.15, 0.2) is 6.07 Å². The van der Waals surface area contributed by atoms with Gasteiger partial charge < -0.3 is 30.9 Å². The number of nitrogens with two attached hydrogens (primary N) is 1. The molecule has 0 heterocycles. The number of carbonyl (C=O) groups excluding carboxylic acids is 6. The van der Waals surface area contributed by atoms with Crippen molar-refractivity contribution in [2.24, 2.45) is 29.4 Å². The summed E-state index contributed by atoms with van der Waals surface area (Å²) >= 11 is 0. The van der Waals surface area contributed by atoms with Crippen LogP contribution < -0.4 is 11.1 Å². The van der Waals surface area contributed by atoms with Gasteiger partial charge in [-0.2, -0.15) is 0 Å². The van der Waals surface area contributed by atoms with Gasteiger partial charge in [0.1, 0.15) is 11.6 Å². The Labute approximate surface area is 228 Å². The summed E-state index contributed by atoms with van der Waals surface area (Å²) in [6, 6.07) is -0.537. The first-order valence-electron chi connectivity index (χ1n) is 12.5. The number of Topliss-reactive ketones (excluding diaryl/α,β-unsaturated/α-hetero) is 4. The topological polar surface area (TPSA) is 197 Å². The molecule has 3 aliphatic rings. The van der Waals surface area contributed by atoms with E-state index >= 15 is 4.39 Å². The first kappa shape index (κ1) is 29.4. The Bertz CT molecular complexity index is 1350. The number of phenolic OH excluding ortho intramolecular Hbond substituents is 1. The van der Waals surface area contributed by atoms with E-state index in [1.807, 2.05) is 0 Å². The molecule has 0 aromatic heterocycles. The second kappa shape index (κ2) is 10.1. The number of hydrogen-bond donors (Lipinski definition) is 4. The third-order valence-electron chi connectivity index (χ3n) is 8.07. The third-order valence-corrected chi connectivity index (χ3v) is 8.07. The molecule has 0 bridgehead atoms. The van der Waals surface area contributed by atoms with E-state index in [-0.39, 0.29) is 18.5 Å². The predicted octanol–water partition coefficient (Wildman–Crippen LogP) is -1.87. The highest BCUT2D eigenvalue weighted by atomic mass is 19.1. The SMILES string of the molecule is CO[C@@H]1[C@H]2[C@H](N(C)C)C(=O)C(C(N)=O)C(=O)[C@@]2(O)C(=O)C2C(=O)c3c(O)c(NC(=O)CN(C)C)cc(F)c3C[C@H]21. The van der Waals surface area contributed by atoms with Crippen LogP contribution in [0.3, 0.4) is 0 Å². The number of amides is 2. The van der Waals surface area contributed by atoms with Crippen LogP contribution in [0.5, 0.6) is 5.75 Å². The minimum absolute atomic E-state index is 0.117. The molecule has 0 radical (unpaired) electrons. The summed E-state index contributed by atoms with van der Waals surface area (Å²) in [7, 11) is 7.28. The zero-order valence-corrected chi connectivity index (χ0v) is 22.6. The predicted molar refractivity (Wildman–Crippen MR) is 135 cm³/mol. The van der Waals surface area contributed by atoms with Crippen molar-refractivity contribution in [3.05, 3.63) is 23.0 Å². The number of methoxy groups -OCH3 is 1. The van der Waals surface area contributed by atoms with E-state index in [1.165, 1.54) is 31.0 Å². The monoisotopic (exact) mass is 562 g/mol. The van der Waals surface area contributed by atoms with E-state index in [1.54, 1.807) is 14.1 Å². The number of fused-ring (bicyclic) bond motifs is 3. The van der Waals surface area contributed by atoms with Crippen molar-refractivity contribution in [3.63, 3.8) is 0 Å². The fourth-order valence-electron chi connectivity index (χ4n) is 6.50. The second-order valence-corrected chi connectivity index (χ2v) is 11.0. The molecule has 2 unspecified atom stereocenters. The maximum Gasteiger partial charge on any atom is 0.238 e. The van der Waals surface area contributed by atoms with Crippen LogP contribution >= 0.6 is 0 Å². The summed E-state index contributed by atoms with van der Waals surface area (Å²) in [5.74, 6) is -15.2. The van der Waals surface area contributed by atoms with E-state index in [4.69, 9.17) is 10.5 Å². The second-order valence-electron chi connectivity index (χ2n) is 11.0. The number of aliphatic hydroxyl groups is 1. The lowest BCUT2D eigenvalue weighted by molar-refractivity contribution is -0.198. The normalized spacial score (nSPS) is 31.6. The zero-order valence-electron chi connectivity index (χ0n) is 22.6. The number of aromatic hydroxyl groups is 1. The molecule has 1 aromatic carbocycles. The highest BCUT2D eigenvalue weighted by Gasteiger charge is 2.72. The van der Waals surface area contributed by atoms with E-state index < -0.39 is 99.2 Å². The van der Waals surface area contributed by atoms with Crippen molar-refractivity contribution in [3.8, 4) is 5.75 Å². The van der Waals surface area contributed by atoms with Crippen LogP contribution in [-0.2, 0) is 35.1 Å². The summed E-state index contributed by atoms with van der Waals surface area (Å²) in [5.41, 5.74) is 1.06. The highest BCUT2D eigenvalue weighted by molar-refractivity contribution is 6.32. The molecule has 216 valence electrons. The Balaban J connectivity index is 1.89.